The molecular weight excluding hydrogens is 423 g/mol. The molecule has 2 heterocycles. The molecule has 1 fully saturated rings. The maximum Gasteiger partial charge on any atom is 0.252 e. The number of rotatable bonds is 7. The van der Waals surface area contributed by atoms with Gasteiger partial charge < -0.3 is 26.8 Å². The van der Waals surface area contributed by atoms with Crippen LogP contribution in [0.2, 0.25) is 0 Å². The highest BCUT2D eigenvalue weighted by Gasteiger charge is 2.25. The van der Waals surface area contributed by atoms with E-state index in [9.17, 15) is 4.79 Å². The first-order valence-corrected chi connectivity index (χ1v) is 11.2. The van der Waals surface area contributed by atoms with Gasteiger partial charge in [-0.2, -0.15) is 0 Å². The number of carbonyl (C=O) groups excluding carboxylic acids is 1. The van der Waals surface area contributed by atoms with E-state index in [2.05, 4.69) is 20.6 Å². The lowest BCUT2D eigenvalue weighted by molar-refractivity contribution is 0.100. The van der Waals surface area contributed by atoms with Crippen LogP contribution in [0.5, 0.6) is 5.88 Å². The van der Waals surface area contributed by atoms with E-state index < -0.39 is 11.7 Å². The van der Waals surface area contributed by atoms with Gasteiger partial charge in [-0.1, -0.05) is 12.8 Å². The van der Waals surface area contributed by atoms with Crippen molar-refractivity contribution in [2.45, 2.75) is 57.7 Å². The summed E-state index contributed by atoms with van der Waals surface area (Å²) in [6.45, 7) is 3.78. The van der Waals surface area contributed by atoms with Crippen molar-refractivity contribution >= 4 is 33.9 Å². The predicted molar refractivity (Wildman–Crippen MR) is 127 cm³/mol. The fraction of sp³-hybridized carbons (Fsp3) is 0.375. The van der Waals surface area contributed by atoms with E-state index in [1.807, 2.05) is 13.8 Å². The van der Waals surface area contributed by atoms with E-state index in [4.69, 9.17) is 16.2 Å². The Hall–Kier alpha value is -3.46. The molecule has 1 aliphatic carbocycles. The molecule has 1 aromatic carbocycles. The molecule has 0 bridgehead atoms. The summed E-state index contributed by atoms with van der Waals surface area (Å²) in [6, 6.07) is 6.65. The molecule has 9 heteroatoms. The van der Waals surface area contributed by atoms with Gasteiger partial charge in [-0.25, -0.2) is 14.4 Å². The molecule has 1 aliphatic rings. The van der Waals surface area contributed by atoms with Crippen LogP contribution in [0.25, 0.3) is 10.8 Å². The Bertz CT molecular complexity index is 1170. The van der Waals surface area contributed by atoms with Crippen LogP contribution >= 0.6 is 0 Å². The number of primary amides is 1. The normalized spacial score (nSPS) is 18.3. The Morgan fingerprint density at radius 2 is 2.00 bits per heavy atom. The molecule has 1 amide bonds. The molecule has 2 aromatic heterocycles. The first-order valence-electron chi connectivity index (χ1n) is 11.2. The third-order valence-corrected chi connectivity index (χ3v) is 5.79. The summed E-state index contributed by atoms with van der Waals surface area (Å²) < 4.78 is 21.1. The van der Waals surface area contributed by atoms with Crippen LogP contribution in [-0.4, -0.2) is 34.1 Å². The van der Waals surface area contributed by atoms with Crippen LogP contribution in [0.15, 0.2) is 36.7 Å². The zero-order chi connectivity index (χ0) is 23.5. The average Bonchev–Trinajstić information content (AvgIpc) is 2.78. The van der Waals surface area contributed by atoms with Crippen molar-refractivity contribution in [3.8, 4) is 5.88 Å². The highest BCUT2D eigenvalue weighted by Crippen LogP contribution is 2.39. The molecule has 33 heavy (non-hydrogen) atoms. The molecule has 4 rings (SSSR count). The highest BCUT2D eigenvalue weighted by molar-refractivity contribution is 6.04. The predicted octanol–water partition coefficient (Wildman–Crippen LogP) is 4.08. The number of nitrogens with zero attached hydrogens (tertiary/aromatic N) is 2. The lowest BCUT2D eigenvalue weighted by Gasteiger charge is -2.31. The van der Waals surface area contributed by atoms with E-state index >= 15 is 4.39 Å². The summed E-state index contributed by atoms with van der Waals surface area (Å²) in [6.07, 6.45) is 6.46. The summed E-state index contributed by atoms with van der Waals surface area (Å²) in [5.74, 6) is -0.473. The number of anilines is 3. The number of nitrogens with two attached hydrogens (primary N) is 2. The number of pyridine rings is 2. The lowest BCUT2D eigenvalue weighted by Crippen LogP contribution is -2.42. The zero-order valence-electron chi connectivity index (χ0n) is 18.8. The number of benzene rings is 1. The van der Waals surface area contributed by atoms with Gasteiger partial charge in [-0.05, 0) is 51.0 Å². The number of amides is 1. The van der Waals surface area contributed by atoms with Gasteiger partial charge >= 0.3 is 0 Å². The molecule has 8 nitrogen and oxygen atoms in total. The maximum absolute atomic E-state index is 15.2. The minimum Gasteiger partial charge on any atom is -0.474 e. The van der Waals surface area contributed by atoms with Crippen molar-refractivity contribution in [1.29, 1.82) is 0 Å². The van der Waals surface area contributed by atoms with Crippen LogP contribution in [0.1, 0.15) is 49.9 Å². The number of ether oxygens (including phenoxy) is 1. The SMILES string of the molecule is CC(C)Oc1ncc(F)c2c(NC3CCCCC3N)c(Nc3ncccc3C(N)=O)ccc12. The van der Waals surface area contributed by atoms with Crippen molar-refractivity contribution in [1.82, 2.24) is 9.97 Å². The Morgan fingerprint density at radius 1 is 1.21 bits per heavy atom. The van der Waals surface area contributed by atoms with Crippen LogP contribution in [-0.2, 0) is 0 Å². The number of hydrogen-bond donors (Lipinski definition) is 4. The monoisotopic (exact) mass is 452 g/mol. The topological polar surface area (TPSA) is 128 Å². The Kier molecular flexibility index (Phi) is 6.60. The quantitative estimate of drug-likeness (QED) is 0.425. The van der Waals surface area contributed by atoms with Crippen molar-refractivity contribution in [2.24, 2.45) is 11.5 Å². The van der Waals surface area contributed by atoms with Gasteiger partial charge in [0, 0.05) is 29.1 Å². The van der Waals surface area contributed by atoms with Crippen LogP contribution in [0, 0.1) is 5.82 Å². The molecule has 2 atom stereocenters. The van der Waals surface area contributed by atoms with Gasteiger partial charge in [0.05, 0.1) is 29.2 Å². The fourth-order valence-corrected chi connectivity index (χ4v) is 4.21. The number of halogens is 1. The van der Waals surface area contributed by atoms with Crippen molar-refractivity contribution in [2.75, 3.05) is 10.6 Å². The summed E-state index contributed by atoms with van der Waals surface area (Å²) in [7, 11) is 0. The summed E-state index contributed by atoms with van der Waals surface area (Å²) in [5.41, 5.74) is 13.2. The number of hydrogen-bond acceptors (Lipinski definition) is 7. The number of fused-ring (bicyclic) bond motifs is 1. The summed E-state index contributed by atoms with van der Waals surface area (Å²) in [5, 5.41) is 7.51. The minimum atomic E-state index is -0.613. The van der Waals surface area contributed by atoms with Crippen molar-refractivity contribution in [3.63, 3.8) is 0 Å². The van der Waals surface area contributed by atoms with Gasteiger partial charge in [0.2, 0.25) is 5.88 Å². The molecule has 0 radical (unpaired) electrons. The molecule has 0 aliphatic heterocycles. The third-order valence-electron chi connectivity index (χ3n) is 5.79. The molecule has 0 spiro atoms. The van der Waals surface area contributed by atoms with Gasteiger partial charge in [0.15, 0.2) is 5.82 Å². The van der Waals surface area contributed by atoms with E-state index in [1.165, 1.54) is 0 Å². The first-order chi connectivity index (χ1) is 15.8. The van der Waals surface area contributed by atoms with Gasteiger partial charge in [0.25, 0.3) is 5.91 Å². The minimum absolute atomic E-state index is 0.0359. The highest BCUT2D eigenvalue weighted by atomic mass is 19.1. The Balaban J connectivity index is 1.87. The van der Waals surface area contributed by atoms with Gasteiger partial charge in [-0.3, -0.25) is 4.79 Å². The number of aromatic nitrogens is 2. The van der Waals surface area contributed by atoms with Crippen LogP contribution in [0.3, 0.4) is 0 Å². The second-order valence-electron chi connectivity index (χ2n) is 8.58. The van der Waals surface area contributed by atoms with Crippen molar-refractivity contribution in [3.05, 3.63) is 48.0 Å². The standard InChI is InChI=1S/C24H29FN6O2/c1-13(2)33-24-14-9-10-19(31-23-15(22(27)32)6-5-11-28-23)21(20(14)16(25)12-29-24)30-18-8-4-3-7-17(18)26/h5-6,9-13,17-18,30H,3-4,7-8,26H2,1-2H3,(H2,27,32)(H,28,31). The van der Waals surface area contributed by atoms with E-state index in [0.29, 0.717) is 28.0 Å². The number of nitrogens with one attached hydrogen (secondary N) is 2. The second-order valence-corrected chi connectivity index (χ2v) is 8.58. The molecule has 2 unspecified atom stereocenters. The molecule has 0 saturated heterocycles. The average molecular weight is 453 g/mol. The Labute approximate surface area is 191 Å². The summed E-state index contributed by atoms with van der Waals surface area (Å²) in [4.78, 5) is 20.3. The van der Waals surface area contributed by atoms with E-state index in [-0.39, 0.29) is 29.6 Å². The van der Waals surface area contributed by atoms with Crippen molar-refractivity contribution < 1.29 is 13.9 Å². The molecule has 174 valence electrons. The third kappa shape index (κ3) is 4.83. The van der Waals surface area contributed by atoms with Gasteiger partial charge in [-0.15, -0.1) is 0 Å². The van der Waals surface area contributed by atoms with E-state index in [1.54, 1.807) is 30.5 Å². The Morgan fingerprint density at radius 3 is 2.73 bits per heavy atom. The first kappa shape index (κ1) is 22.7. The molecule has 1 saturated carbocycles. The lowest BCUT2D eigenvalue weighted by atomic mass is 9.90. The zero-order valence-corrected chi connectivity index (χ0v) is 18.8. The van der Waals surface area contributed by atoms with E-state index in [0.717, 1.165) is 31.9 Å². The fourth-order valence-electron chi connectivity index (χ4n) is 4.21. The van der Waals surface area contributed by atoms with Crippen LogP contribution < -0.4 is 26.8 Å². The molecule has 6 N–H and O–H groups in total. The second kappa shape index (κ2) is 9.58. The van der Waals surface area contributed by atoms with Gasteiger partial charge in [0.1, 0.15) is 5.82 Å². The summed E-state index contributed by atoms with van der Waals surface area (Å²) >= 11 is 0. The smallest absolute Gasteiger partial charge is 0.252 e. The number of carbonyl (C=O) groups is 1. The largest absolute Gasteiger partial charge is 0.474 e. The molecule has 3 aromatic rings. The maximum atomic E-state index is 15.2. The van der Waals surface area contributed by atoms with Crippen LogP contribution in [0.4, 0.5) is 21.6 Å². The molecular formula is C24H29FN6O2.